The standard InChI is InChI=1S/CN.Hg.K/c1-2;;. The van der Waals surface area contributed by atoms with Crippen LogP contribution in [0, 0.1) is 5.43 Å². The van der Waals surface area contributed by atoms with Gasteiger partial charge in [-0.05, 0) is 0 Å². The summed E-state index contributed by atoms with van der Waals surface area (Å²) >= 11 is 0.410. The molecule has 0 spiro atoms. The zero-order valence-electron chi connectivity index (χ0n) is 2.65. The molecule has 0 rings (SSSR count). The smallest absolute Gasteiger partial charge is 0 e. The fourth-order valence-electron chi connectivity index (χ4n) is 0. The molecule has 0 aromatic heterocycles. The van der Waals surface area contributed by atoms with Gasteiger partial charge in [-0.2, -0.15) is 0 Å². The normalized spacial score (nSPS) is 2.25. The first-order chi connectivity index (χ1) is 1.41. The summed E-state index contributed by atoms with van der Waals surface area (Å²) in [6, 6.07) is 0. The molecule has 0 amide bonds. The van der Waals surface area contributed by atoms with Gasteiger partial charge < -0.3 is 0 Å². The van der Waals surface area contributed by atoms with Gasteiger partial charge in [0.2, 0.25) is 0 Å². The Labute approximate surface area is 79.8 Å². The second-order valence-electron chi connectivity index (χ2n) is 0.224. The van der Waals surface area contributed by atoms with E-state index in [1.807, 2.05) is 0.164 Å². The maximum Gasteiger partial charge on any atom is 0 e. The Morgan fingerprint density at radius 3 is 1.75 bits per heavy atom. The Kier molecular flexibility index (Phi) is 21.0. The van der Waals surface area contributed by atoms with Crippen LogP contribution in [-0.2, 0) is 27.7 Å². The molecule has 0 N–H and O–H groups in total. The zero-order chi connectivity index (χ0) is 2.71. The van der Waals surface area contributed by atoms with E-state index in [1.165, 1.54) is 0 Å². The van der Waals surface area contributed by atoms with Crippen LogP contribution in [0.1, 0.15) is 0 Å². The molecule has 0 aromatic rings. The Bertz CT molecular complexity index is 29.5. The minimum atomic E-state index is 0. The monoisotopic (exact) mass is 267 g/mol. The van der Waals surface area contributed by atoms with Gasteiger partial charge in [-0.1, -0.05) is 0 Å². The van der Waals surface area contributed by atoms with Gasteiger partial charge in [0.15, 0.2) is 0 Å². The van der Waals surface area contributed by atoms with Gasteiger partial charge >= 0.3 is 54.4 Å². The van der Waals surface area contributed by atoms with E-state index in [1.54, 1.807) is 0 Å². The van der Waals surface area contributed by atoms with Crippen molar-refractivity contribution in [3.8, 4) is 0.164 Å². The molecule has 0 aromatic carbocycles. The molecular weight excluding hydrogens is 266 g/mol. The molecule has 12 valence electrons. The van der Waals surface area contributed by atoms with E-state index in [0.717, 1.165) is 0 Å². The predicted molar refractivity (Wildman–Crippen MR) is 11.4 cm³/mol. The molecule has 0 atom stereocenters. The molecule has 0 aliphatic rings. The van der Waals surface area contributed by atoms with E-state index in [-0.39, 0.29) is 27.7 Å². The summed E-state index contributed by atoms with van der Waals surface area (Å²) in [7, 11) is 0. The minimum Gasteiger partial charge on any atom is 0 e. The third-order valence-corrected chi connectivity index (χ3v) is 0. The van der Waals surface area contributed by atoms with Crippen molar-refractivity contribution >= 4 is 49.0 Å². The van der Waals surface area contributed by atoms with Gasteiger partial charge in [0, 0.05) is 27.7 Å². The van der Waals surface area contributed by atoms with Crippen molar-refractivity contribution in [3.05, 3.63) is 0 Å². The summed E-state index contributed by atoms with van der Waals surface area (Å²) in [5.41, 5.74) is 0. The van der Waals surface area contributed by atoms with Crippen LogP contribution in [0.25, 0.3) is 0 Å². The molecule has 1 nitrogen and oxygen atoms in total. The van der Waals surface area contributed by atoms with E-state index >= 15 is 0 Å². The van der Waals surface area contributed by atoms with Gasteiger partial charge in [0.1, 0.15) is 0 Å². The largest absolute Gasteiger partial charge is 0 e. The molecule has 0 aliphatic carbocycles. The Morgan fingerprint density at radius 2 is 1.75 bits per heavy atom. The van der Waals surface area contributed by atoms with E-state index in [9.17, 15) is 0 Å². The molecule has 0 saturated carbocycles. The van der Waals surface area contributed by atoms with Crippen LogP contribution in [0.4, 0.5) is 0 Å². The van der Waals surface area contributed by atoms with E-state index in [4.69, 9.17) is 5.26 Å². The third-order valence-electron chi connectivity index (χ3n) is 0. The summed E-state index contributed by atoms with van der Waals surface area (Å²) in [6.07, 6.45) is 0. The molecule has 3 heteroatoms. The number of hydrogen-bond acceptors (Lipinski definition) is 1. The number of nitrogens with zero attached hydrogens (tertiary/aromatic N) is 1. The predicted octanol–water partition coefficient (Wildman–Crippen LogP) is -0.367. The van der Waals surface area contributed by atoms with Crippen molar-refractivity contribution in [1.29, 1.82) is 5.26 Å². The summed E-state index contributed by atoms with van der Waals surface area (Å²) in [5.74, 6) is 0. The third kappa shape index (κ3) is 8.96. The van der Waals surface area contributed by atoms with E-state index < -0.39 is 0 Å². The Hall–Kier alpha value is 2.06. The van der Waals surface area contributed by atoms with Crippen molar-refractivity contribution < 1.29 is 27.7 Å². The van der Waals surface area contributed by atoms with Gasteiger partial charge in [-0.25, -0.2) is 0 Å². The Morgan fingerprint density at radius 1 is 1.75 bits per heavy atom. The minimum absolute atomic E-state index is 0. The van der Waals surface area contributed by atoms with Crippen LogP contribution in [-0.4, -0.2) is 49.0 Å². The molecule has 0 bridgehead atoms. The fourth-order valence-corrected chi connectivity index (χ4v) is 0. The first kappa shape index (κ1) is 9.41. The van der Waals surface area contributed by atoms with Crippen LogP contribution in [0.3, 0.4) is 0 Å². The van der Waals surface area contributed by atoms with Crippen molar-refractivity contribution in [2.45, 2.75) is 0 Å². The molecule has 4 heavy (non-hydrogen) atoms. The zero-order valence-corrected chi connectivity index (χ0v) is 11.3. The van der Waals surface area contributed by atoms with Crippen LogP contribution in [0.15, 0.2) is 0 Å². The van der Waals surface area contributed by atoms with Gasteiger partial charge in [-0.3, -0.25) is 0 Å². The number of rotatable bonds is 0. The van der Waals surface area contributed by atoms with E-state index in [2.05, 4.69) is 0 Å². The maximum atomic E-state index is 7.40. The van der Waals surface area contributed by atoms with Gasteiger partial charge in [-0.15, -0.1) is 0 Å². The maximum absolute atomic E-state index is 7.40. The van der Waals surface area contributed by atoms with Crippen molar-refractivity contribution in [2.75, 3.05) is 0 Å². The SMILES string of the molecule is N#[C][K].[Hg]. The second-order valence-corrected chi connectivity index (χ2v) is 0.922. The number of nitriles is 1. The summed E-state index contributed by atoms with van der Waals surface area (Å²) in [5, 5.41) is 7.40. The number of hydrogen-bond donors (Lipinski definition) is 0. The Balaban J connectivity index is 0. The molecular formula is CHgKN. The first-order valence-corrected chi connectivity index (χ1v) is 2.29. The van der Waals surface area contributed by atoms with E-state index in [0.29, 0.717) is 49.0 Å². The summed E-state index contributed by atoms with van der Waals surface area (Å²) in [4.78, 5) is 0. The summed E-state index contributed by atoms with van der Waals surface area (Å²) in [6.45, 7) is 0. The van der Waals surface area contributed by atoms with Crippen LogP contribution in [0.2, 0.25) is 0 Å². The van der Waals surface area contributed by atoms with Crippen molar-refractivity contribution in [2.24, 2.45) is 0 Å². The summed E-state index contributed by atoms with van der Waals surface area (Å²) < 4.78 is 1.94. The molecule has 0 radical (unpaired) electrons. The average molecular weight is 266 g/mol. The van der Waals surface area contributed by atoms with Crippen molar-refractivity contribution in [1.82, 2.24) is 0 Å². The fraction of sp³-hybridized carbons (Fsp3) is 0. The molecule has 0 fully saturated rings. The molecule has 0 saturated heterocycles. The van der Waals surface area contributed by atoms with Gasteiger partial charge in [0.25, 0.3) is 0 Å². The van der Waals surface area contributed by atoms with Gasteiger partial charge in [0.05, 0.1) is 0 Å². The second kappa shape index (κ2) is 8.91. The van der Waals surface area contributed by atoms with Crippen molar-refractivity contribution in [3.63, 3.8) is 0 Å². The topological polar surface area (TPSA) is 23.8 Å². The molecule has 0 aliphatic heterocycles. The first-order valence-electron chi connectivity index (χ1n) is 0.724. The quantitative estimate of drug-likeness (QED) is 0.549. The van der Waals surface area contributed by atoms with Crippen LogP contribution < -0.4 is 0 Å². The van der Waals surface area contributed by atoms with Crippen LogP contribution in [0.5, 0.6) is 0 Å². The average Bonchev–Trinajstić information content (AvgIpc) is 0.918. The molecule has 0 unspecified atom stereocenters. The van der Waals surface area contributed by atoms with Crippen LogP contribution >= 0.6 is 0 Å². The molecule has 0 heterocycles.